The van der Waals surface area contributed by atoms with Crippen LogP contribution in [0.15, 0.2) is 41.3 Å². The predicted molar refractivity (Wildman–Crippen MR) is 81.9 cm³/mol. The van der Waals surface area contributed by atoms with Crippen molar-refractivity contribution >= 4 is 27.4 Å². The van der Waals surface area contributed by atoms with E-state index in [2.05, 4.69) is 43.8 Å². The quantitative estimate of drug-likeness (QED) is 0.859. The monoisotopic (exact) mass is 320 g/mol. The van der Waals surface area contributed by atoms with Crippen molar-refractivity contribution < 1.29 is 0 Å². The summed E-state index contributed by atoms with van der Waals surface area (Å²) in [5, 5.41) is 0. The van der Waals surface area contributed by atoms with Crippen LogP contribution >= 0.6 is 15.9 Å². The number of hydrogen-bond donors (Lipinski definition) is 1. The first kappa shape index (κ1) is 13.8. The molecule has 0 spiro atoms. The fourth-order valence-corrected chi connectivity index (χ4v) is 2.45. The van der Waals surface area contributed by atoms with Crippen LogP contribution in [-0.4, -0.2) is 16.5 Å². The van der Waals surface area contributed by atoms with Gasteiger partial charge in [-0.05, 0) is 40.0 Å². The minimum absolute atomic E-state index is 0.786. The molecule has 0 atom stereocenters. The van der Waals surface area contributed by atoms with Gasteiger partial charge >= 0.3 is 0 Å². The van der Waals surface area contributed by atoms with Gasteiger partial charge in [-0.3, -0.25) is 0 Å². The zero-order valence-corrected chi connectivity index (χ0v) is 12.5. The van der Waals surface area contributed by atoms with E-state index in [-0.39, 0.29) is 0 Å². The molecule has 1 aromatic heterocycles. The number of nitrogens with zero attached hydrogens (tertiary/aromatic N) is 3. The van der Waals surface area contributed by atoms with E-state index in [4.69, 9.17) is 5.73 Å². The Bertz CT molecular complexity index is 544. The van der Waals surface area contributed by atoms with Crippen molar-refractivity contribution in [2.45, 2.75) is 19.9 Å². The lowest BCUT2D eigenvalue weighted by atomic mass is 10.2. The molecular weight excluding hydrogens is 304 g/mol. The van der Waals surface area contributed by atoms with Crippen molar-refractivity contribution in [1.29, 1.82) is 0 Å². The summed E-state index contributed by atoms with van der Waals surface area (Å²) in [5.74, 6) is 0.916. The van der Waals surface area contributed by atoms with Crippen LogP contribution in [0.4, 0.5) is 11.5 Å². The van der Waals surface area contributed by atoms with Crippen molar-refractivity contribution in [3.8, 4) is 0 Å². The molecule has 0 aliphatic carbocycles. The Morgan fingerprint density at radius 3 is 2.89 bits per heavy atom. The molecule has 19 heavy (non-hydrogen) atoms. The van der Waals surface area contributed by atoms with Crippen LogP contribution in [0.1, 0.15) is 18.9 Å². The molecule has 0 aliphatic heterocycles. The number of benzene rings is 1. The van der Waals surface area contributed by atoms with Crippen molar-refractivity contribution in [1.82, 2.24) is 9.97 Å². The molecule has 100 valence electrons. The smallest absolute Gasteiger partial charge is 0.146 e. The van der Waals surface area contributed by atoms with Crippen LogP contribution in [0.5, 0.6) is 0 Å². The van der Waals surface area contributed by atoms with Gasteiger partial charge in [-0.15, -0.1) is 0 Å². The first-order chi connectivity index (χ1) is 9.20. The van der Waals surface area contributed by atoms with Crippen molar-refractivity contribution in [3.63, 3.8) is 0 Å². The maximum atomic E-state index is 5.82. The van der Waals surface area contributed by atoms with Crippen LogP contribution in [0.3, 0.4) is 0 Å². The molecular formula is C14H17BrN4. The molecule has 4 nitrogen and oxygen atoms in total. The highest BCUT2D eigenvalue weighted by atomic mass is 79.9. The fourth-order valence-electron chi connectivity index (χ4n) is 1.98. The Morgan fingerprint density at radius 2 is 2.21 bits per heavy atom. The van der Waals surface area contributed by atoms with Gasteiger partial charge in [0.25, 0.3) is 0 Å². The summed E-state index contributed by atoms with van der Waals surface area (Å²) in [4.78, 5) is 10.6. The summed E-state index contributed by atoms with van der Waals surface area (Å²) in [6.45, 7) is 3.88. The zero-order valence-electron chi connectivity index (χ0n) is 10.9. The molecule has 0 aliphatic rings. The van der Waals surface area contributed by atoms with Gasteiger partial charge in [0.1, 0.15) is 12.1 Å². The number of aromatic nitrogens is 2. The van der Waals surface area contributed by atoms with E-state index in [1.54, 1.807) is 12.5 Å². The van der Waals surface area contributed by atoms with Crippen LogP contribution in [0.2, 0.25) is 0 Å². The maximum absolute atomic E-state index is 5.82. The Morgan fingerprint density at radius 1 is 1.37 bits per heavy atom. The molecule has 1 heterocycles. The third-order valence-electron chi connectivity index (χ3n) is 2.77. The third kappa shape index (κ3) is 3.67. The van der Waals surface area contributed by atoms with Crippen LogP contribution < -0.4 is 10.6 Å². The highest BCUT2D eigenvalue weighted by Gasteiger charge is 2.11. The lowest BCUT2D eigenvalue weighted by Gasteiger charge is -2.24. The average Bonchev–Trinajstić information content (AvgIpc) is 2.39. The predicted octanol–water partition coefficient (Wildman–Crippen LogP) is 3.24. The topological polar surface area (TPSA) is 55.0 Å². The number of anilines is 2. The first-order valence-corrected chi connectivity index (χ1v) is 7.05. The number of halogens is 1. The molecule has 2 aromatic rings. The highest BCUT2D eigenvalue weighted by molar-refractivity contribution is 9.10. The molecule has 0 radical (unpaired) electrons. The molecule has 2 rings (SSSR count). The van der Waals surface area contributed by atoms with Gasteiger partial charge in [0.05, 0.1) is 4.47 Å². The van der Waals surface area contributed by atoms with E-state index >= 15 is 0 Å². The molecule has 0 unspecified atom stereocenters. The second kappa shape index (κ2) is 6.52. The molecule has 2 N–H and O–H groups in total. The fraction of sp³-hybridized carbons (Fsp3) is 0.286. The van der Waals surface area contributed by atoms with Gasteiger partial charge in [0.15, 0.2) is 0 Å². The molecule has 0 saturated heterocycles. The van der Waals surface area contributed by atoms with Gasteiger partial charge in [-0.1, -0.05) is 19.1 Å². The lowest BCUT2D eigenvalue weighted by molar-refractivity contribution is 0.750. The van der Waals surface area contributed by atoms with Gasteiger partial charge in [0, 0.05) is 25.0 Å². The van der Waals surface area contributed by atoms with E-state index < -0.39 is 0 Å². The number of nitrogen functional groups attached to an aromatic ring is 1. The SMILES string of the molecule is CCCN(Cc1cccc(N)c1)c1ncncc1Br. The number of rotatable bonds is 5. The van der Waals surface area contributed by atoms with Crippen LogP contribution in [-0.2, 0) is 6.54 Å². The molecule has 0 saturated carbocycles. The van der Waals surface area contributed by atoms with E-state index in [1.807, 2.05) is 18.2 Å². The standard InChI is InChI=1S/C14H17BrN4/c1-2-6-19(14-13(15)8-17-10-18-14)9-11-4-3-5-12(16)7-11/h3-5,7-8,10H,2,6,9,16H2,1H3. The van der Waals surface area contributed by atoms with E-state index in [1.165, 1.54) is 5.56 Å². The van der Waals surface area contributed by atoms with Crippen LogP contribution in [0, 0.1) is 0 Å². The van der Waals surface area contributed by atoms with E-state index in [9.17, 15) is 0 Å². The summed E-state index contributed by atoms with van der Waals surface area (Å²) >= 11 is 3.50. The maximum Gasteiger partial charge on any atom is 0.146 e. The van der Waals surface area contributed by atoms with Gasteiger partial charge in [-0.25, -0.2) is 9.97 Å². The Balaban J connectivity index is 2.24. The molecule has 5 heteroatoms. The molecule has 0 fully saturated rings. The van der Waals surface area contributed by atoms with E-state index in [0.717, 1.165) is 35.5 Å². The first-order valence-electron chi connectivity index (χ1n) is 6.25. The summed E-state index contributed by atoms with van der Waals surface area (Å²) in [6.07, 6.45) is 4.39. The summed E-state index contributed by atoms with van der Waals surface area (Å²) in [6, 6.07) is 7.95. The Kier molecular flexibility index (Phi) is 4.74. The summed E-state index contributed by atoms with van der Waals surface area (Å²) < 4.78 is 0.910. The Labute approximate surface area is 121 Å². The minimum Gasteiger partial charge on any atom is -0.399 e. The van der Waals surface area contributed by atoms with Crippen molar-refractivity contribution in [3.05, 3.63) is 46.8 Å². The second-order valence-electron chi connectivity index (χ2n) is 4.36. The van der Waals surface area contributed by atoms with Gasteiger partial charge < -0.3 is 10.6 Å². The van der Waals surface area contributed by atoms with E-state index in [0.29, 0.717) is 0 Å². The summed E-state index contributed by atoms with van der Waals surface area (Å²) in [7, 11) is 0. The molecule has 0 amide bonds. The molecule has 1 aromatic carbocycles. The normalized spacial score (nSPS) is 10.4. The van der Waals surface area contributed by atoms with Crippen molar-refractivity contribution in [2.75, 3.05) is 17.2 Å². The highest BCUT2D eigenvalue weighted by Crippen LogP contribution is 2.24. The number of hydrogen-bond acceptors (Lipinski definition) is 4. The zero-order chi connectivity index (χ0) is 13.7. The van der Waals surface area contributed by atoms with Crippen LogP contribution in [0.25, 0.3) is 0 Å². The largest absolute Gasteiger partial charge is 0.399 e. The Hall–Kier alpha value is -1.62. The minimum atomic E-state index is 0.786. The van der Waals surface area contributed by atoms with Gasteiger partial charge in [-0.2, -0.15) is 0 Å². The lowest BCUT2D eigenvalue weighted by Crippen LogP contribution is -2.25. The third-order valence-corrected chi connectivity index (χ3v) is 3.33. The molecule has 0 bridgehead atoms. The van der Waals surface area contributed by atoms with Gasteiger partial charge in [0.2, 0.25) is 0 Å². The average molecular weight is 321 g/mol. The second-order valence-corrected chi connectivity index (χ2v) is 5.22. The van der Waals surface area contributed by atoms with Crippen molar-refractivity contribution in [2.24, 2.45) is 0 Å². The number of nitrogens with two attached hydrogens (primary N) is 1. The summed E-state index contributed by atoms with van der Waals surface area (Å²) in [5.41, 5.74) is 7.79.